The zero-order valence-corrected chi connectivity index (χ0v) is 25.3. The zero-order chi connectivity index (χ0) is 29.2. The average molecular weight is 600 g/mol. The molecular weight excluding hydrogens is 571 g/mol. The van der Waals surface area contributed by atoms with Gasteiger partial charge in [0.15, 0.2) is 0 Å². The van der Waals surface area contributed by atoms with Crippen molar-refractivity contribution in [1.82, 2.24) is 0 Å². The first-order valence-corrected chi connectivity index (χ1v) is 16.1. The van der Waals surface area contributed by atoms with Gasteiger partial charge in [-0.2, -0.15) is 4.91 Å². The van der Waals surface area contributed by atoms with E-state index in [-0.39, 0.29) is 13.2 Å². The van der Waals surface area contributed by atoms with Crippen molar-refractivity contribution < 1.29 is 9.47 Å². The highest BCUT2D eigenvalue weighted by Gasteiger charge is 2.46. The normalized spacial score (nSPS) is 12.9. The fourth-order valence-corrected chi connectivity index (χ4v) is 7.72. The highest BCUT2D eigenvalue weighted by atomic mass is 32.1. The van der Waals surface area contributed by atoms with Crippen molar-refractivity contribution in [3.63, 3.8) is 0 Å². The quantitative estimate of drug-likeness (QED) is 0.116. The first-order chi connectivity index (χ1) is 21.2. The molecule has 0 radical (unpaired) electrons. The summed E-state index contributed by atoms with van der Waals surface area (Å²) in [5, 5.41) is 7.18. The number of nitrogens with zero attached hydrogens (tertiary/aromatic N) is 1. The van der Waals surface area contributed by atoms with Crippen molar-refractivity contribution in [1.29, 1.82) is 0 Å². The number of hydrogen-bond acceptors (Lipinski definition) is 6. The Balaban J connectivity index is 1.51. The Morgan fingerprint density at radius 3 is 1.60 bits per heavy atom. The summed E-state index contributed by atoms with van der Waals surface area (Å²) >= 11 is 3.51. The Hall–Kier alpha value is -4.52. The van der Waals surface area contributed by atoms with Gasteiger partial charge in [-0.1, -0.05) is 65.8 Å². The Morgan fingerprint density at radius 2 is 1.16 bits per heavy atom. The largest absolute Gasteiger partial charge is 0.494 e. The Kier molecular flexibility index (Phi) is 7.39. The number of ether oxygens (including phenoxy) is 2. The van der Waals surface area contributed by atoms with Gasteiger partial charge < -0.3 is 9.47 Å². The van der Waals surface area contributed by atoms with Crippen molar-refractivity contribution in [3.05, 3.63) is 147 Å². The second-order valence-corrected chi connectivity index (χ2v) is 12.3. The van der Waals surface area contributed by atoms with Crippen LogP contribution in [0.1, 0.15) is 29.2 Å². The van der Waals surface area contributed by atoms with Crippen LogP contribution in [-0.2, 0) is 5.41 Å². The number of nitroso groups, excluding NO2 is 1. The van der Waals surface area contributed by atoms with E-state index in [0.29, 0.717) is 12.4 Å². The molecule has 2 heterocycles. The molecule has 6 aromatic rings. The zero-order valence-electron chi connectivity index (χ0n) is 23.7. The predicted octanol–water partition coefficient (Wildman–Crippen LogP) is 10.1. The summed E-state index contributed by atoms with van der Waals surface area (Å²) in [6, 6.07) is 39.3. The summed E-state index contributed by atoms with van der Waals surface area (Å²) in [6.07, 6.45) is 0. The molecule has 0 unspecified atom stereocenters. The van der Waals surface area contributed by atoms with Crippen LogP contribution in [0.25, 0.3) is 32.0 Å². The molecule has 0 spiro atoms. The molecule has 0 fully saturated rings. The number of benzene rings is 4. The van der Waals surface area contributed by atoms with Crippen LogP contribution in [0.2, 0.25) is 0 Å². The van der Waals surface area contributed by atoms with Crippen LogP contribution in [0.3, 0.4) is 0 Å². The fraction of sp³-hybridized carbons (Fsp3) is 0.135. The lowest BCUT2D eigenvalue weighted by atomic mass is 9.67. The van der Waals surface area contributed by atoms with Crippen molar-refractivity contribution in [2.75, 3.05) is 19.8 Å². The summed E-state index contributed by atoms with van der Waals surface area (Å²) in [6.45, 7) is 3.00. The molecule has 212 valence electrons. The number of rotatable bonds is 10. The van der Waals surface area contributed by atoms with Crippen LogP contribution in [0.4, 0.5) is 0 Å². The first-order valence-electron chi connectivity index (χ1n) is 14.4. The summed E-state index contributed by atoms with van der Waals surface area (Å²) in [5.41, 5.74) is 9.11. The van der Waals surface area contributed by atoms with Crippen molar-refractivity contribution >= 4 is 22.7 Å². The van der Waals surface area contributed by atoms with Gasteiger partial charge in [0.2, 0.25) is 0 Å². The summed E-state index contributed by atoms with van der Waals surface area (Å²) in [5.74, 6) is 1.57. The van der Waals surface area contributed by atoms with Crippen molar-refractivity contribution in [2.24, 2.45) is 5.18 Å². The van der Waals surface area contributed by atoms with Gasteiger partial charge in [0.05, 0.1) is 12.0 Å². The minimum atomic E-state index is -0.584. The molecule has 0 N–H and O–H groups in total. The average Bonchev–Trinajstić information content (AvgIpc) is 3.83. The molecule has 0 bridgehead atoms. The molecule has 0 saturated heterocycles. The molecule has 4 nitrogen and oxygen atoms in total. The van der Waals surface area contributed by atoms with Gasteiger partial charge in [0.25, 0.3) is 0 Å². The lowest BCUT2D eigenvalue weighted by molar-refractivity contribution is 0.328. The number of thiophene rings is 2. The highest BCUT2D eigenvalue weighted by Crippen LogP contribution is 2.58. The molecular formula is C37H29NO3S2. The molecule has 7 rings (SSSR count). The molecule has 4 aromatic carbocycles. The summed E-state index contributed by atoms with van der Waals surface area (Å²) in [4.78, 5) is 13.1. The van der Waals surface area contributed by atoms with Crippen LogP contribution in [0.5, 0.6) is 11.5 Å². The van der Waals surface area contributed by atoms with Crippen LogP contribution < -0.4 is 9.47 Å². The van der Waals surface area contributed by atoms with Crippen LogP contribution in [0.15, 0.2) is 125 Å². The van der Waals surface area contributed by atoms with Gasteiger partial charge in [0, 0.05) is 9.75 Å². The van der Waals surface area contributed by atoms with E-state index >= 15 is 0 Å². The standard InChI is InChI=1S/C37H29NO3S2/c1-2-40-29-13-9-27(10-14-29)37(28-11-15-30(16-12-28)41-20-19-38-39)33-23-25(35-5-3-21-42-35)7-17-31(33)32-18-8-26(24-34(32)37)36-6-4-22-43-36/h3-18,21-24H,2,19-20H2,1H3. The minimum Gasteiger partial charge on any atom is -0.494 e. The van der Waals surface area contributed by atoms with E-state index in [1.807, 2.05) is 19.1 Å². The molecule has 6 heteroatoms. The SMILES string of the molecule is CCOc1ccc(C2(c3ccc(OCCN=O)cc3)c3cc(-c4cccs4)ccc3-c3ccc(-c4cccs4)cc32)cc1. The second-order valence-electron chi connectivity index (χ2n) is 10.4. The summed E-state index contributed by atoms with van der Waals surface area (Å²) < 4.78 is 11.7. The molecule has 43 heavy (non-hydrogen) atoms. The van der Waals surface area contributed by atoms with E-state index in [9.17, 15) is 4.91 Å². The van der Waals surface area contributed by atoms with Gasteiger partial charge >= 0.3 is 0 Å². The van der Waals surface area contributed by atoms with Crippen LogP contribution in [0, 0.1) is 4.91 Å². The third-order valence-electron chi connectivity index (χ3n) is 8.09. The molecule has 0 amide bonds. The third-order valence-corrected chi connectivity index (χ3v) is 9.92. The van der Waals surface area contributed by atoms with E-state index in [1.54, 1.807) is 22.7 Å². The third kappa shape index (κ3) is 4.77. The Bertz CT molecular complexity index is 1780. The monoisotopic (exact) mass is 599 g/mol. The maximum atomic E-state index is 10.6. The van der Waals surface area contributed by atoms with E-state index < -0.39 is 5.41 Å². The van der Waals surface area contributed by atoms with Gasteiger partial charge in [-0.15, -0.1) is 22.7 Å². The maximum absolute atomic E-state index is 10.6. The lowest BCUT2D eigenvalue weighted by Crippen LogP contribution is -2.28. The first kappa shape index (κ1) is 27.3. The molecule has 1 aliphatic rings. The van der Waals surface area contributed by atoms with E-state index in [0.717, 1.165) is 11.3 Å². The van der Waals surface area contributed by atoms with Gasteiger partial charge in [0.1, 0.15) is 24.7 Å². The van der Waals surface area contributed by atoms with E-state index in [2.05, 4.69) is 113 Å². The molecule has 0 saturated carbocycles. The smallest absolute Gasteiger partial charge is 0.119 e. The topological polar surface area (TPSA) is 47.9 Å². The molecule has 0 aliphatic heterocycles. The Labute approximate surface area is 259 Å². The van der Waals surface area contributed by atoms with Crippen molar-refractivity contribution in [3.8, 4) is 43.5 Å². The lowest BCUT2D eigenvalue weighted by Gasteiger charge is -2.34. The Morgan fingerprint density at radius 1 is 0.651 bits per heavy atom. The molecule has 1 aliphatic carbocycles. The number of fused-ring (bicyclic) bond motifs is 3. The molecule has 0 atom stereocenters. The predicted molar refractivity (Wildman–Crippen MR) is 178 cm³/mol. The van der Waals surface area contributed by atoms with Gasteiger partial charge in [-0.3, -0.25) is 0 Å². The summed E-state index contributed by atoms with van der Waals surface area (Å²) in [7, 11) is 0. The molecule has 2 aromatic heterocycles. The highest BCUT2D eigenvalue weighted by molar-refractivity contribution is 7.13. The minimum absolute atomic E-state index is 0.121. The maximum Gasteiger partial charge on any atom is 0.119 e. The van der Waals surface area contributed by atoms with Crippen molar-refractivity contribution in [2.45, 2.75) is 12.3 Å². The second kappa shape index (κ2) is 11.6. The van der Waals surface area contributed by atoms with E-state index in [4.69, 9.17) is 9.47 Å². The van der Waals surface area contributed by atoms with E-state index in [1.165, 1.54) is 48.7 Å². The van der Waals surface area contributed by atoms with Crippen LogP contribution in [-0.4, -0.2) is 19.8 Å². The van der Waals surface area contributed by atoms with Gasteiger partial charge in [-0.25, -0.2) is 0 Å². The van der Waals surface area contributed by atoms with Gasteiger partial charge in [-0.05, 0) is 111 Å². The fourth-order valence-electron chi connectivity index (χ4n) is 6.27. The number of hydrogen-bond donors (Lipinski definition) is 0. The van der Waals surface area contributed by atoms with Crippen LogP contribution >= 0.6 is 22.7 Å².